The second-order valence-electron chi connectivity index (χ2n) is 6.69. The van der Waals surface area contributed by atoms with Crippen LogP contribution in [0.4, 0.5) is 0 Å². The lowest BCUT2D eigenvalue weighted by Crippen LogP contribution is -2.47. The Kier molecular flexibility index (Phi) is 4.98. The van der Waals surface area contributed by atoms with Crippen LogP contribution in [0.3, 0.4) is 0 Å². The Morgan fingerprint density at radius 3 is 2.45 bits per heavy atom. The minimum absolute atomic E-state index is 0.149. The molecule has 0 bridgehead atoms. The van der Waals surface area contributed by atoms with Gasteiger partial charge in [-0.15, -0.1) is 0 Å². The first kappa shape index (κ1) is 15.7. The van der Waals surface area contributed by atoms with Crippen LogP contribution in [-0.2, 0) is 19.1 Å². The summed E-state index contributed by atoms with van der Waals surface area (Å²) in [5.41, 5.74) is 0. The summed E-state index contributed by atoms with van der Waals surface area (Å²) in [5, 5.41) is 5.48. The molecule has 0 aromatic carbocycles. The molecule has 3 rings (SSSR count). The zero-order valence-corrected chi connectivity index (χ0v) is 13.1. The van der Waals surface area contributed by atoms with E-state index in [-0.39, 0.29) is 12.1 Å². The monoisotopic (exact) mass is 310 g/mol. The molecule has 1 heterocycles. The molecule has 0 aromatic rings. The van der Waals surface area contributed by atoms with Gasteiger partial charge in [-0.05, 0) is 25.7 Å². The molecule has 124 valence electrons. The Balaban J connectivity index is 1.37. The van der Waals surface area contributed by atoms with Crippen molar-refractivity contribution in [3.63, 3.8) is 0 Å². The molecule has 2 amide bonds. The normalized spacial score (nSPS) is 27.9. The molecule has 22 heavy (non-hydrogen) atoms. The summed E-state index contributed by atoms with van der Waals surface area (Å²) >= 11 is 0. The van der Waals surface area contributed by atoms with Crippen molar-refractivity contribution in [1.29, 1.82) is 0 Å². The van der Waals surface area contributed by atoms with Crippen LogP contribution in [0.5, 0.6) is 0 Å². The van der Waals surface area contributed by atoms with Gasteiger partial charge in [0.25, 0.3) is 0 Å². The van der Waals surface area contributed by atoms with Gasteiger partial charge in [-0.3, -0.25) is 9.59 Å². The van der Waals surface area contributed by atoms with Gasteiger partial charge in [-0.2, -0.15) is 0 Å². The summed E-state index contributed by atoms with van der Waals surface area (Å²) in [6.45, 7) is 0.823. The Bertz CT molecular complexity index is 414. The highest BCUT2D eigenvalue weighted by Crippen LogP contribution is 2.38. The zero-order valence-electron chi connectivity index (χ0n) is 13.1. The van der Waals surface area contributed by atoms with Crippen molar-refractivity contribution in [1.82, 2.24) is 10.6 Å². The van der Waals surface area contributed by atoms with Crippen LogP contribution in [0, 0.1) is 0 Å². The van der Waals surface area contributed by atoms with E-state index < -0.39 is 17.6 Å². The maximum Gasteiger partial charge on any atom is 0.309 e. The van der Waals surface area contributed by atoms with Crippen molar-refractivity contribution < 1.29 is 19.1 Å². The predicted molar refractivity (Wildman–Crippen MR) is 80.0 cm³/mol. The Morgan fingerprint density at radius 1 is 1.00 bits per heavy atom. The van der Waals surface area contributed by atoms with Gasteiger partial charge < -0.3 is 20.1 Å². The molecule has 2 saturated carbocycles. The lowest BCUT2D eigenvalue weighted by atomic mass is 9.95. The van der Waals surface area contributed by atoms with Crippen LogP contribution in [0.25, 0.3) is 0 Å². The maximum absolute atomic E-state index is 11.9. The molecule has 6 nitrogen and oxygen atoms in total. The number of amides is 2. The number of hydrogen-bond donors (Lipinski definition) is 2. The van der Waals surface area contributed by atoms with E-state index >= 15 is 0 Å². The summed E-state index contributed by atoms with van der Waals surface area (Å²) in [6, 6.07) is 0.153. The first-order valence-corrected chi connectivity index (χ1v) is 8.57. The molecule has 1 spiro atoms. The zero-order chi connectivity index (χ0) is 15.4. The van der Waals surface area contributed by atoms with E-state index in [9.17, 15) is 9.59 Å². The van der Waals surface area contributed by atoms with Crippen molar-refractivity contribution in [3.8, 4) is 0 Å². The third-order valence-electron chi connectivity index (χ3n) is 4.92. The van der Waals surface area contributed by atoms with E-state index in [1.807, 2.05) is 0 Å². The van der Waals surface area contributed by atoms with Gasteiger partial charge in [-0.1, -0.05) is 19.3 Å². The Hall–Kier alpha value is -1.14. The molecule has 0 radical (unpaired) electrons. The fraction of sp³-hybridized carbons (Fsp3) is 0.875. The van der Waals surface area contributed by atoms with Gasteiger partial charge in [0.2, 0.25) is 0 Å². The number of carbonyl (C=O) groups excluding carboxylic acids is 2. The van der Waals surface area contributed by atoms with Crippen molar-refractivity contribution in [2.75, 3.05) is 13.2 Å². The first-order valence-electron chi connectivity index (χ1n) is 8.57. The molecular weight excluding hydrogens is 284 g/mol. The van der Waals surface area contributed by atoms with E-state index in [0.29, 0.717) is 13.2 Å². The van der Waals surface area contributed by atoms with Crippen LogP contribution in [0.2, 0.25) is 0 Å². The topological polar surface area (TPSA) is 76.7 Å². The first-order chi connectivity index (χ1) is 10.7. The third kappa shape index (κ3) is 3.79. The summed E-state index contributed by atoms with van der Waals surface area (Å²) < 4.78 is 11.7. The molecule has 1 unspecified atom stereocenters. The van der Waals surface area contributed by atoms with Crippen molar-refractivity contribution in [3.05, 3.63) is 0 Å². The average Bonchev–Trinajstić information content (AvgIpc) is 3.16. The van der Waals surface area contributed by atoms with Gasteiger partial charge in [0, 0.05) is 25.4 Å². The number of rotatable bonds is 3. The molecule has 2 N–H and O–H groups in total. The standard InChI is InChI=1S/C16H26N2O4/c19-14(15(20)18-12-6-2-1-3-7-12)17-10-13-11-21-16(22-13)8-4-5-9-16/h12-13H,1-11H2,(H,17,19)(H,18,20). The second-order valence-corrected chi connectivity index (χ2v) is 6.69. The lowest BCUT2D eigenvalue weighted by molar-refractivity contribution is -0.161. The van der Waals surface area contributed by atoms with Crippen molar-refractivity contribution in [2.24, 2.45) is 0 Å². The number of ether oxygens (including phenoxy) is 2. The van der Waals surface area contributed by atoms with Gasteiger partial charge in [-0.25, -0.2) is 0 Å². The Morgan fingerprint density at radius 2 is 1.73 bits per heavy atom. The van der Waals surface area contributed by atoms with Crippen LogP contribution in [-0.4, -0.2) is 42.9 Å². The highest BCUT2D eigenvalue weighted by Gasteiger charge is 2.43. The van der Waals surface area contributed by atoms with Crippen molar-refractivity contribution in [2.45, 2.75) is 75.7 Å². The van der Waals surface area contributed by atoms with E-state index in [1.165, 1.54) is 6.42 Å². The van der Waals surface area contributed by atoms with Crippen LogP contribution >= 0.6 is 0 Å². The van der Waals surface area contributed by atoms with Crippen LogP contribution in [0.15, 0.2) is 0 Å². The molecule has 1 aliphatic heterocycles. The highest BCUT2D eigenvalue weighted by molar-refractivity contribution is 6.35. The van der Waals surface area contributed by atoms with Gasteiger partial charge >= 0.3 is 11.8 Å². The molecular formula is C16H26N2O4. The molecule has 0 aromatic heterocycles. The fourth-order valence-corrected chi connectivity index (χ4v) is 3.68. The molecule has 3 fully saturated rings. The van der Waals surface area contributed by atoms with Crippen molar-refractivity contribution >= 4 is 11.8 Å². The largest absolute Gasteiger partial charge is 0.347 e. The highest BCUT2D eigenvalue weighted by atomic mass is 16.7. The molecule has 3 aliphatic rings. The number of carbonyl (C=O) groups is 2. The van der Waals surface area contributed by atoms with Gasteiger partial charge in [0.1, 0.15) is 6.10 Å². The minimum Gasteiger partial charge on any atom is -0.347 e. The van der Waals surface area contributed by atoms with E-state index in [2.05, 4.69) is 10.6 Å². The number of nitrogens with one attached hydrogen (secondary N) is 2. The summed E-state index contributed by atoms with van der Waals surface area (Å²) in [7, 11) is 0. The number of hydrogen-bond acceptors (Lipinski definition) is 4. The third-order valence-corrected chi connectivity index (χ3v) is 4.92. The molecule has 6 heteroatoms. The van der Waals surface area contributed by atoms with Gasteiger partial charge in [0.15, 0.2) is 5.79 Å². The molecule has 1 saturated heterocycles. The van der Waals surface area contributed by atoms with E-state index in [4.69, 9.17) is 9.47 Å². The smallest absolute Gasteiger partial charge is 0.309 e. The lowest BCUT2D eigenvalue weighted by Gasteiger charge is -2.23. The summed E-state index contributed by atoms with van der Waals surface area (Å²) in [6.07, 6.45) is 9.39. The second kappa shape index (κ2) is 6.96. The summed E-state index contributed by atoms with van der Waals surface area (Å²) in [5.74, 6) is -1.51. The SMILES string of the molecule is O=C(NCC1COC2(CCCC2)O1)C(=O)NC1CCCCC1. The maximum atomic E-state index is 11.9. The predicted octanol–water partition coefficient (Wildman–Crippen LogP) is 1.24. The van der Waals surface area contributed by atoms with Crippen LogP contribution in [0.1, 0.15) is 57.8 Å². The summed E-state index contributed by atoms with van der Waals surface area (Å²) in [4.78, 5) is 23.7. The van der Waals surface area contributed by atoms with Gasteiger partial charge in [0.05, 0.1) is 6.61 Å². The molecule has 1 atom stereocenters. The van der Waals surface area contributed by atoms with E-state index in [1.54, 1.807) is 0 Å². The Labute approximate surface area is 131 Å². The van der Waals surface area contributed by atoms with Crippen LogP contribution < -0.4 is 10.6 Å². The molecule has 2 aliphatic carbocycles. The fourth-order valence-electron chi connectivity index (χ4n) is 3.68. The quantitative estimate of drug-likeness (QED) is 0.769. The average molecular weight is 310 g/mol. The van der Waals surface area contributed by atoms with E-state index in [0.717, 1.165) is 51.4 Å². The minimum atomic E-state index is -0.568.